The van der Waals surface area contributed by atoms with Crippen molar-refractivity contribution in [2.24, 2.45) is 17.3 Å². The molecule has 2 N–H and O–H groups in total. The van der Waals surface area contributed by atoms with Crippen molar-refractivity contribution >= 4 is 6.08 Å². The molecule has 0 aliphatic heterocycles. The summed E-state index contributed by atoms with van der Waals surface area (Å²) in [4.78, 5) is 0. The number of aromatic hydroxyl groups is 1. The molecule has 0 saturated heterocycles. The van der Waals surface area contributed by atoms with Crippen LogP contribution in [0.1, 0.15) is 67.2 Å². The number of phenolic OH excluding ortho intramolecular Hbond substituents is 1. The van der Waals surface area contributed by atoms with Crippen LogP contribution in [-0.4, -0.2) is 15.8 Å². The van der Waals surface area contributed by atoms with Crippen molar-refractivity contribution in [3.8, 4) is 11.8 Å². The molecule has 154 valence electrons. The van der Waals surface area contributed by atoms with Gasteiger partial charge in [0.2, 0.25) is 0 Å². The molecule has 0 bridgehead atoms. The Morgan fingerprint density at radius 1 is 1.07 bits per heavy atom. The molecular weight excluding hydrogens is 370 g/mol. The van der Waals surface area contributed by atoms with Crippen molar-refractivity contribution in [1.29, 1.82) is 5.26 Å². The van der Waals surface area contributed by atoms with E-state index in [0.29, 0.717) is 29.1 Å². The number of nitrogens with zero attached hydrogens (tertiary/aromatic N) is 1. The van der Waals surface area contributed by atoms with Crippen LogP contribution in [0.25, 0.3) is 6.08 Å². The normalized spacial score (nSPS) is 34.8. The second kappa shape index (κ2) is 7.00. The molecule has 2 fully saturated rings. The highest BCUT2D eigenvalue weighted by atomic mass is 16.3. The molecule has 0 heterocycles. The molecule has 0 aromatic heterocycles. The molecule has 0 unspecified atom stereocenters. The number of aliphatic hydroxyl groups is 1. The number of benzene rings is 2. The lowest BCUT2D eigenvalue weighted by atomic mass is 9.53. The molecule has 2 aromatic rings. The standard InChI is InChI=1S/C27H29NO2/c1-26-13-11-23-22-9-7-21(29)16-20(22)6-8-24(23)25(26)12-15-27(26,30)14-10-18-2-4-19(17-28)5-3-18/h2-5,7,9-10,14,16,23-25,29-30H,6,8,11-13,15H2,1H3/b14-10-/t23-,24-,25+,26+,27+/m1/s1. The third-order valence-corrected chi connectivity index (χ3v) is 8.52. The Morgan fingerprint density at radius 3 is 2.63 bits per heavy atom. The fraction of sp³-hybridized carbons (Fsp3) is 0.444. The monoisotopic (exact) mass is 399 g/mol. The molecular formula is C27H29NO2. The molecule has 0 radical (unpaired) electrons. The van der Waals surface area contributed by atoms with E-state index in [-0.39, 0.29) is 5.41 Å². The quantitative estimate of drug-likeness (QED) is 0.694. The van der Waals surface area contributed by atoms with Crippen molar-refractivity contribution < 1.29 is 10.2 Å². The van der Waals surface area contributed by atoms with E-state index in [9.17, 15) is 10.2 Å². The smallest absolute Gasteiger partial charge is 0.115 e. The average molecular weight is 400 g/mol. The topological polar surface area (TPSA) is 64.2 Å². The van der Waals surface area contributed by atoms with Gasteiger partial charge in [-0.15, -0.1) is 0 Å². The van der Waals surface area contributed by atoms with Gasteiger partial charge in [0, 0.05) is 5.41 Å². The molecule has 5 rings (SSSR count). The lowest BCUT2D eigenvalue weighted by Gasteiger charge is -2.52. The summed E-state index contributed by atoms with van der Waals surface area (Å²) in [6.07, 6.45) is 10.2. The molecule has 2 aromatic carbocycles. The number of phenols is 1. The average Bonchev–Trinajstić information content (AvgIpc) is 3.03. The number of hydrogen-bond acceptors (Lipinski definition) is 3. The Labute approximate surface area is 178 Å². The van der Waals surface area contributed by atoms with Crippen molar-refractivity contribution in [3.05, 3.63) is 70.8 Å². The third-order valence-electron chi connectivity index (χ3n) is 8.52. The van der Waals surface area contributed by atoms with Crippen molar-refractivity contribution in [2.45, 2.75) is 57.0 Å². The van der Waals surface area contributed by atoms with E-state index in [4.69, 9.17) is 5.26 Å². The maximum absolute atomic E-state index is 11.8. The molecule has 3 aliphatic carbocycles. The summed E-state index contributed by atoms with van der Waals surface area (Å²) in [6.45, 7) is 2.30. The van der Waals surface area contributed by atoms with Gasteiger partial charge in [0.15, 0.2) is 0 Å². The van der Waals surface area contributed by atoms with E-state index in [1.807, 2.05) is 48.6 Å². The molecule has 0 amide bonds. The Balaban J connectivity index is 1.41. The SMILES string of the molecule is C[C@]12CC[C@@H]3c4ccc(O)cc4CC[C@H]3[C@@H]1CC[C@@]2(O)/C=C\c1ccc(C#N)cc1. The summed E-state index contributed by atoms with van der Waals surface area (Å²) in [7, 11) is 0. The summed E-state index contributed by atoms with van der Waals surface area (Å²) < 4.78 is 0. The van der Waals surface area contributed by atoms with Crippen molar-refractivity contribution in [1.82, 2.24) is 0 Å². The first-order valence-corrected chi connectivity index (χ1v) is 11.2. The van der Waals surface area contributed by atoms with Crippen molar-refractivity contribution in [2.75, 3.05) is 0 Å². The molecule has 2 saturated carbocycles. The summed E-state index contributed by atoms with van der Waals surface area (Å²) in [5.74, 6) is 2.06. The fourth-order valence-corrected chi connectivity index (χ4v) is 6.80. The minimum Gasteiger partial charge on any atom is -0.508 e. The molecule has 30 heavy (non-hydrogen) atoms. The Hall–Kier alpha value is -2.57. The number of nitriles is 1. The lowest BCUT2D eigenvalue weighted by molar-refractivity contribution is -0.0705. The van der Waals surface area contributed by atoms with Crippen LogP contribution in [0, 0.1) is 28.6 Å². The zero-order chi connectivity index (χ0) is 20.9. The van der Waals surface area contributed by atoms with Crippen LogP contribution < -0.4 is 0 Å². The second-order valence-electron chi connectivity index (χ2n) is 9.78. The molecule has 3 heteroatoms. The van der Waals surface area contributed by atoms with Gasteiger partial charge in [-0.2, -0.15) is 5.26 Å². The zero-order valence-electron chi connectivity index (χ0n) is 17.5. The van der Waals surface area contributed by atoms with Crippen LogP contribution in [0.2, 0.25) is 0 Å². The van der Waals surface area contributed by atoms with E-state index in [0.717, 1.165) is 44.1 Å². The van der Waals surface area contributed by atoms with Gasteiger partial charge in [-0.25, -0.2) is 0 Å². The largest absolute Gasteiger partial charge is 0.508 e. The van der Waals surface area contributed by atoms with Gasteiger partial charge in [0.05, 0.1) is 17.2 Å². The van der Waals surface area contributed by atoms with Crippen LogP contribution >= 0.6 is 0 Å². The van der Waals surface area contributed by atoms with Crippen LogP contribution in [0.15, 0.2) is 48.5 Å². The fourth-order valence-electron chi connectivity index (χ4n) is 6.80. The van der Waals surface area contributed by atoms with Gasteiger partial charge in [-0.05, 0) is 97.2 Å². The summed E-state index contributed by atoms with van der Waals surface area (Å²) in [5.41, 5.74) is 3.53. The zero-order valence-corrected chi connectivity index (χ0v) is 17.5. The first-order valence-electron chi connectivity index (χ1n) is 11.2. The summed E-state index contributed by atoms with van der Waals surface area (Å²) >= 11 is 0. The number of rotatable bonds is 2. The maximum atomic E-state index is 11.8. The number of aryl methyl sites for hydroxylation is 1. The maximum Gasteiger partial charge on any atom is 0.115 e. The molecule has 5 atom stereocenters. The summed E-state index contributed by atoms with van der Waals surface area (Å²) in [6, 6.07) is 15.6. The highest BCUT2D eigenvalue weighted by Crippen LogP contribution is 2.64. The predicted molar refractivity (Wildman–Crippen MR) is 118 cm³/mol. The Kier molecular flexibility index (Phi) is 4.52. The van der Waals surface area contributed by atoms with E-state index in [1.54, 1.807) is 0 Å². The second-order valence-corrected chi connectivity index (χ2v) is 9.78. The van der Waals surface area contributed by atoms with Crippen molar-refractivity contribution in [3.63, 3.8) is 0 Å². The van der Waals surface area contributed by atoms with E-state index in [1.165, 1.54) is 11.1 Å². The van der Waals surface area contributed by atoms with Crippen LogP contribution in [0.3, 0.4) is 0 Å². The minimum absolute atomic E-state index is 0.105. The Bertz CT molecular complexity index is 1030. The van der Waals surface area contributed by atoms with Gasteiger partial charge < -0.3 is 10.2 Å². The Morgan fingerprint density at radius 2 is 1.87 bits per heavy atom. The first-order chi connectivity index (χ1) is 14.4. The highest BCUT2D eigenvalue weighted by Gasteiger charge is 2.60. The molecule has 0 spiro atoms. The van der Waals surface area contributed by atoms with Gasteiger partial charge in [0.1, 0.15) is 5.75 Å². The summed E-state index contributed by atoms with van der Waals surface area (Å²) in [5, 5.41) is 30.6. The predicted octanol–water partition coefficient (Wildman–Crippen LogP) is 5.56. The van der Waals surface area contributed by atoms with Crippen LogP contribution in [0.5, 0.6) is 5.75 Å². The first kappa shape index (κ1) is 19.4. The molecule has 3 nitrogen and oxygen atoms in total. The number of hydrogen-bond donors (Lipinski definition) is 2. The molecule has 3 aliphatic rings. The lowest BCUT2D eigenvalue weighted by Crippen LogP contribution is -2.49. The highest BCUT2D eigenvalue weighted by molar-refractivity contribution is 5.53. The van der Waals surface area contributed by atoms with Gasteiger partial charge in [-0.1, -0.05) is 37.3 Å². The van der Waals surface area contributed by atoms with E-state index >= 15 is 0 Å². The van der Waals surface area contributed by atoms with E-state index in [2.05, 4.69) is 19.1 Å². The number of fused-ring (bicyclic) bond motifs is 5. The minimum atomic E-state index is -0.786. The van der Waals surface area contributed by atoms with Gasteiger partial charge >= 0.3 is 0 Å². The van der Waals surface area contributed by atoms with Crippen LogP contribution in [0.4, 0.5) is 0 Å². The van der Waals surface area contributed by atoms with Gasteiger partial charge in [0.25, 0.3) is 0 Å². The third kappa shape index (κ3) is 2.89. The van der Waals surface area contributed by atoms with E-state index < -0.39 is 5.60 Å². The van der Waals surface area contributed by atoms with Crippen LogP contribution in [-0.2, 0) is 6.42 Å². The van der Waals surface area contributed by atoms with Gasteiger partial charge in [-0.3, -0.25) is 0 Å².